The largest absolute Gasteiger partial charge is 0.348 e. The van der Waals surface area contributed by atoms with Crippen LogP contribution in [0.3, 0.4) is 0 Å². The summed E-state index contributed by atoms with van der Waals surface area (Å²) < 4.78 is 25.2. The van der Waals surface area contributed by atoms with Gasteiger partial charge < -0.3 is 10.6 Å². The van der Waals surface area contributed by atoms with E-state index in [1.807, 2.05) is 0 Å². The molecule has 1 aliphatic heterocycles. The maximum atomic E-state index is 12.6. The standard InChI is InChI=1S/C18H20N2O3S/c21-18(20-15-10-11-19-12-15)17-9-5-4-6-14(17)13-24(22,23)16-7-2-1-3-8-16/h1-9,15,19H,10-13H2,(H,20,21). The Morgan fingerprint density at radius 1 is 1.08 bits per heavy atom. The highest BCUT2D eigenvalue weighted by Gasteiger charge is 2.22. The molecule has 2 aromatic carbocycles. The molecule has 1 saturated heterocycles. The SMILES string of the molecule is O=C(NC1CCNC1)c1ccccc1CS(=O)(=O)c1ccccc1. The second kappa shape index (κ2) is 7.15. The third-order valence-electron chi connectivity index (χ3n) is 4.11. The number of hydrogen-bond donors (Lipinski definition) is 2. The molecule has 3 rings (SSSR count). The van der Waals surface area contributed by atoms with Crippen LogP contribution in [-0.2, 0) is 15.6 Å². The summed E-state index contributed by atoms with van der Waals surface area (Å²) in [6.07, 6.45) is 0.885. The van der Waals surface area contributed by atoms with E-state index in [1.54, 1.807) is 54.6 Å². The summed E-state index contributed by atoms with van der Waals surface area (Å²) in [6.45, 7) is 1.63. The number of carbonyl (C=O) groups excluding carboxylic acids is 1. The number of nitrogens with one attached hydrogen (secondary N) is 2. The molecule has 1 unspecified atom stereocenters. The van der Waals surface area contributed by atoms with Crippen LogP contribution in [0, 0.1) is 0 Å². The molecular formula is C18H20N2O3S. The van der Waals surface area contributed by atoms with E-state index in [0.717, 1.165) is 19.5 Å². The van der Waals surface area contributed by atoms with Gasteiger partial charge in [-0.05, 0) is 36.7 Å². The number of hydrogen-bond acceptors (Lipinski definition) is 4. The zero-order valence-electron chi connectivity index (χ0n) is 13.2. The van der Waals surface area contributed by atoms with E-state index in [-0.39, 0.29) is 22.6 Å². The van der Waals surface area contributed by atoms with Crippen molar-refractivity contribution < 1.29 is 13.2 Å². The predicted octanol–water partition coefficient (Wildman–Crippen LogP) is 1.75. The van der Waals surface area contributed by atoms with Gasteiger partial charge in [0.05, 0.1) is 10.6 Å². The fourth-order valence-corrected chi connectivity index (χ4v) is 4.22. The molecule has 1 heterocycles. The number of sulfone groups is 1. The summed E-state index contributed by atoms with van der Waals surface area (Å²) >= 11 is 0. The van der Waals surface area contributed by atoms with Gasteiger partial charge in [-0.15, -0.1) is 0 Å². The average molecular weight is 344 g/mol. The van der Waals surface area contributed by atoms with Gasteiger partial charge in [0, 0.05) is 18.2 Å². The lowest BCUT2D eigenvalue weighted by molar-refractivity contribution is 0.0939. The summed E-state index contributed by atoms with van der Waals surface area (Å²) in [4.78, 5) is 12.8. The highest BCUT2D eigenvalue weighted by molar-refractivity contribution is 7.90. The normalized spacial score (nSPS) is 17.6. The maximum Gasteiger partial charge on any atom is 0.251 e. The first-order valence-corrected chi connectivity index (χ1v) is 9.59. The Hall–Kier alpha value is -2.18. The quantitative estimate of drug-likeness (QED) is 0.867. The van der Waals surface area contributed by atoms with E-state index in [4.69, 9.17) is 0 Å². The van der Waals surface area contributed by atoms with Crippen LogP contribution in [0.25, 0.3) is 0 Å². The van der Waals surface area contributed by atoms with Gasteiger partial charge in [-0.2, -0.15) is 0 Å². The molecule has 6 heteroatoms. The molecule has 0 saturated carbocycles. The first-order valence-electron chi connectivity index (χ1n) is 7.93. The first kappa shape index (κ1) is 16.7. The van der Waals surface area contributed by atoms with Crippen LogP contribution in [0.4, 0.5) is 0 Å². The van der Waals surface area contributed by atoms with Crippen LogP contribution in [0.15, 0.2) is 59.5 Å². The lowest BCUT2D eigenvalue weighted by Crippen LogP contribution is -2.36. The predicted molar refractivity (Wildman–Crippen MR) is 92.5 cm³/mol. The Morgan fingerprint density at radius 2 is 1.79 bits per heavy atom. The fourth-order valence-electron chi connectivity index (χ4n) is 2.82. The smallest absolute Gasteiger partial charge is 0.251 e. The molecular weight excluding hydrogens is 324 g/mol. The Balaban J connectivity index is 1.82. The highest BCUT2D eigenvalue weighted by atomic mass is 32.2. The van der Waals surface area contributed by atoms with Gasteiger partial charge in [0.2, 0.25) is 0 Å². The summed E-state index contributed by atoms with van der Waals surface area (Å²) in [5.41, 5.74) is 0.939. The molecule has 5 nitrogen and oxygen atoms in total. The number of amides is 1. The Morgan fingerprint density at radius 3 is 2.50 bits per heavy atom. The second-order valence-corrected chi connectivity index (χ2v) is 7.88. The monoisotopic (exact) mass is 344 g/mol. The van der Waals surface area contributed by atoms with Crippen molar-refractivity contribution in [3.05, 3.63) is 65.7 Å². The van der Waals surface area contributed by atoms with Gasteiger partial charge in [0.15, 0.2) is 9.84 Å². The van der Waals surface area contributed by atoms with Crippen LogP contribution in [-0.4, -0.2) is 33.5 Å². The van der Waals surface area contributed by atoms with Gasteiger partial charge in [0.25, 0.3) is 5.91 Å². The van der Waals surface area contributed by atoms with Crippen molar-refractivity contribution in [3.63, 3.8) is 0 Å². The molecule has 1 aliphatic rings. The highest BCUT2D eigenvalue weighted by Crippen LogP contribution is 2.19. The minimum atomic E-state index is -3.49. The second-order valence-electron chi connectivity index (χ2n) is 5.89. The molecule has 1 atom stereocenters. The zero-order chi connectivity index (χ0) is 17.0. The molecule has 2 aromatic rings. The number of rotatable bonds is 5. The minimum Gasteiger partial charge on any atom is -0.348 e. The molecule has 126 valence electrons. The average Bonchev–Trinajstić information content (AvgIpc) is 3.09. The van der Waals surface area contributed by atoms with Gasteiger partial charge in [-0.3, -0.25) is 4.79 Å². The van der Waals surface area contributed by atoms with Gasteiger partial charge in [0.1, 0.15) is 0 Å². The summed E-state index contributed by atoms with van der Waals surface area (Å²) in [7, 11) is -3.49. The van der Waals surface area contributed by atoms with Crippen molar-refractivity contribution in [3.8, 4) is 0 Å². The summed E-state index contributed by atoms with van der Waals surface area (Å²) in [5, 5.41) is 6.16. The maximum absolute atomic E-state index is 12.6. The molecule has 0 aromatic heterocycles. The van der Waals surface area contributed by atoms with Gasteiger partial charge >= 0.3 is 0 Å². The van der Waals surface area contributed by atoms with Crippen LogP contribution in [0.5, 0.6) is 0 Å². The molecule has 0 bridgehead atoms. The van der Waals surface area contributed by atoms with Crippen molar-refractivity contribution in [2.24, 2.45) is 0 Å². The fraction of sp³-hybridized carbons (Fsp3) is 0.278. The van der Waals surface area contributed by atoms with Crippen molar-refractivity contribution in [2.45, 2.75) is 23.1 Å². The third kappa shape index (κ3) is 3.83. The van der Waals surface area contributed by atoms with E-state index in [2.05, 4.69) is 10.6 Å². The third-order valence-corrected chi connectivity index (χ3v) is 5.79. The lowest BCUT2D eigenvalue weighted by atomic mass is 10.1. The summed E-state index contributed by atoms with van der Waals surface area (Å²) in [5.74, 6) is -0.411. The molecule has 2 N–H and O–H groups in total. The zero-order valence-corrected chi connectivity index (χ0v) is 14.1. The Bertz CT molecular complexity index is 813. The molecule has 1 fully saturated rings. The first-order chi connectivity index (χ1) is 11.6. The van der Waals surface area contributed by atoms with E-state index in [1.165, 1.54) is 0 Å². The Labute approximate surface area is 142 Å². The van der Waals surface area contributed by atoms with Gasteiger partial charge in [-0.25, -0.2) is 8.42 Å². The topological polar surface area (TPSA) is 75.3 Å². The number of carbonyl (C=O) groups is 1. The van der Waals surface area contributed by atoms with E-state index in [9.17, 15) is 13.2 Å². The molecule has 0 spiro atoms. The summed E-state index contributed by atoms with van der Waals surface area (Å²) in [6, 6.07) is 15.3. The van der Waals surface area contributed by atoms with Crippen molar-refractivity contribution >= 4 is 15.7 Å². The molecule has 24 heavy (non-hydrogen) atoms. The van der Waals surface area contributed by atoms with Crippen LogP contribution >= 0.6 is 0 Å². The van der Waals surface area contributed by atoms with Crippen LogP contribution in [0.2, 0.25) is 0 Å². The van der Waals surface area contributed by atoms with Crippen molar-refractivity contribution in [1.82, 2.24) is 10.6 Å². The molecule has 0 aliphatic carbocycles. The van der Waals surface area contributed by atoms with Crippen molar-refractivity contribution in [1.29, 1.82) is 0 Å². The van der Waals surface area contributed by atoms with Crippen LogP contribution in [0.1, 0.15) is 22.3 Å². The minimum absolute atomic E-state index is 0.0938. The Kier molecular flexibility index (Phi) is 4.97. The van der Waals surface area contributed by atoms with E-state index < -0.39 is 9.84 Å². The van der Waals surface area contributed by atoms with E-state index in [0.29, 0.717) is 11.1 Å². The lowest BCUT2D eigenvalue weighted by Gasteiger charge is -2.14. The molecule has 1 amide bonds. The number of benzene rings is 2. The van der Waals surface area contributed by atoms with Crippen molar-refractivity contribution in [2.75, 3.05) is 13.1 Å². The van der Waals surface area contributed by atoms with Gasteiger partial charge in [-0.1, -0.05) is 36.4 Å². The van der Waals surface area contributed by atoms with Crippen LogP contribution < -0.4 is 10.6 Å². The van der Waals surface area contributed by atoms with E-state index >= 15 is 0 Å². The molecule has 0 radical (unpaired) electrons.